The van der Waals surface area contributed by atoms with E-state index in [-0.39, 0.29) is 11.8 Å². The first-order valence-electron chi connectivity index (χ1n) is 8.42. The van der Waals surface area contributed by atoms with Crippen molar-refractivity contribution in [2.45, 2.75) is 26.2 Å². The van der Waals surface area contributed by atoms with Crippen molar-refractivity contribution in [1.29, 1.82) is 0 Å². The molecule has 1 aromatic carbocycles. The van der Waals surface area contributed by atoms with E-state index in [1.54, 1.807) is 0 Å². The molecule has 0 bridgehead atoms. The molecule has 23 heavy (non-hydrogen) atoms. The molecule has 0 aliphatic carbocycles. The Kier molecular flexibility index (Phi) is 4.96. The number of benzene rings is 1. The molecular formula is C18H25N3O2. The van der Waals surface area contributed by atoms with Crippen LogP contribution in [-0.4, -0.2) is 35.2 Å². The highest BCUT2D eigenvalue weighted by Gasteiger charge is 2.25. The zero-order valence-electron chi connectivity index (χ0n) is 13.9. The predicted molar refractivity (Wildman–Crippen MR) is 90.1 cm³/mol. The Labute approximate surface area is 137 Å². The number of fused-ring (bicyclic) bond motifs is 1. The molecule has 5 heteroatoms. The average molecular weight is 315 g/mol. The summed E-state index contributed by atoms with van der Waals surface area (Å²) in [6.45, 7) is 4.22. The van der Waals surface area contributed by atoms with Gasteiger partial charge in [-0.3, -0.25) is 4.79 Å². The number of imidazole rings is 1. The smallest absolute Gasteiger partial charge is 0.223 e. The lowest BCUT2D eigenvalue weighted by Gasteiger charge is -2.26. The third-order valence-electron chi connectivity index (χ3n) is 4.91. The Bertz CT molecular complexity index is 674. The maximum Gasteiger partial charge on any atom is 0.223 e. The average Bonchev–Trinajstić information content (AvgIpc) is 2.91. The second-order valence-electron chi connectivity index (χ2n) is 6.36. The Morgan fingerprint density at radius 2 is 2.13 bits per heavy atom. The lowest BCUT2D eigenvalue weighted by molar-refractivity contribution is -0.127. The molecule has 1 fully saturated rings. The van der Waals surface area contributed by atoms with Crippen LogP contribution in [0.1, 0.15) is 25.6 Å². The van der Waals surface area contributed by atoms with Crippen molar-refractivity contribution in [2.75, 3.05) is 19.8 Å². The standard InChI is InChI=1S/C18H25N3O2/c1-13(14-8-11-23-12-9-14)18(22)19-10-7-17-20-15-5-3-4-6-16(15)21(17)2/h3-6,13-14H,7-12H2,1-2H3,(H,19,22). The summed E-state index contributed by atoms with van der Waals surface area (Å²) in [6.07, 6.45) is 2.72. The molecule has 0 spiro atoms. The van der Waals surface area contributed by atoms with Gasteiger partial charge in [-0.25, -0.2) is 4.98 Å². The van der Waals surface area contributed by atoms with Gasteiger partial charge in [0.15, 0.2) is 0 Å². The number of nitrogens with one attached hydrogen (secondary N) is 1. The van der Waals surface area contributed by atoms with Crippen LogP contribution in [0.4, 0.5) is 0 Å². The van der Waals surface area contributed by atoms with Crippen molar-refractivity contribution in [3.05, 3.63) is 30.1 Å². The highest BCUT2D eigenvalue weighted by Crippen LogP contribution is 2.23. The molecule has 1 aliphatic heterocycles. The molecule has 0 saturated carbocycles. The van der Waals surface area contributed by atoms with Crippen LogP contribution < -0.4 is 5.32 Å². The SMILES string of the molecule is CC(C(=O)NCCc1nc2ccccc2n1C)C1CCOCC1. The molecule has 1 N–H and O–H groups in total. The molecule has 1 aromatic heterocycles. The molecule has 3 rings (SSSR count). The number of para-hydroxylation sites is 2. The van der Waals surface area contributed by atoms with Crippen LogP contribution in [0.2, 0.25) is 0 Å². The van der Waals surface area contributed by atoms with E-state index in [0.717, 1.165) is 49.3 Å². The van der Waals surface area contributed by atoms with Crippen LogP contribution in [0.15, 0.2) is 24.3 Å². The predicted octanol–water partition coefficient (Wildman–Crippen LogP) is 2.29. The number of hydrogen-bond donors (Lipinski definition) is 1. The first-order valence-corrected chi connectivity index (χ1v) is 8.42. The largest absolute Gasteiger partial charge is 0.381 e. The minimum Gasteiger partial charge on any atom is -0.381 e. The van der Waals surface area contributed by atoms with E-state index in [9.17, 15) is 4.79 Å². The molecule has 1 amide bonds. The lowest BCUT2D eigenvalue weighted by atomic mass is 9.87. The summed E-state index contributed by atoms with van der Waals surface area (Å²) >= 11 is 0. The fourth-order valence-corrected chi connectivity index (χ4v) is 3.31. The second kappa shape index (κ2) is 7.13. The Morgan fingerprint density at radius 1 is 1.39 bits per heavy atom. The summed E-state index contributed by atoms with van der Waals surface area (Å²) in [5.74, 6) is 1.65. The first-order chi connectivity index (χ1) is 11.2. The molecule has 1 saturated heterocycles. The number of nitrogens with zero attached hydrogens (tertiary/aromatic N) is 2. The van der Waals surface area contributed by atoms with Gasteiger partial charge in [0.1, 0.15) is 5.82 Å². The Balaban J connectivity index is 1.53. The number of rotatable bonds is 5. The summed E-state index contributed by atoms with van der Waals surface area (Å²) in [5.41, 5.74) is 2.14. The van der Waals surface area contributed by atoms with Crippen molar-refractivity contribution in [2.24, 2.45) is 18.9 Å². The molecule has 1 unspecified atom stereocenters. The maximum absolute atomic E-state index is 12.3. The highest BCUT2D eigenvalue weighted by molar-refractivity contribution is 5.78. The molecule has 2 aromatic rings. The highest BCUT2D eigenvalue weighted by atomic mass is 16.5. The summed E-state index contributed by atoms with van der Waals surface area (Å²) in [7, 11) is 2.02. The van der Waals surface area contributed by atoms with Gasteiger partial charge in [-0.2, -0.15) is 0 Å². The topological polar surface area (TPSA) is 56.2 Å². The third kappa shape index (κ3) is 3.55. The normalized spacial score (nSPS) is 17.3. The lowest BCUT2D eigenvalue weighted by Crippen LogP contribution is -2.36. The van der Waals surface area contributed by atoms with Gasteiger partial charge in [0.2, 0.25) is 5.91 Å². The van der Waals surface area contributed by atoms with Gasteiger partial charge >= 0.3 is 0 Å². The van der Waals surface area contributed by atoms with E-state index in [2.05, 4.69) is 20.9 Å². The van der Waals surface area contributed by atoms with Crippen LogP contribution in [0, 0.1) is 11.8 Å². The Hall–Kier alpha value is -1.88. The number of carbonyl (C=O) groups excluding carboxylic acids is 1. The van der Waals surface area contributed by atoms with Gasteiger partial charge in [0, 0.05) is 39.1 Å². The van der Waals surface area contributed by atoms with E-state index in [0.29, 0.717) is 12.5 Å². The van der Waals surface area contributed by atoms with E-state index in [4.69, 9.17) is 4.74 Å². The Morgan fingerprint density at radius 3 is 2.87 bits per heavy atom. The fraction of sp³-hybridized carbons (Fsp3) is 0.556. The number of ether oxygens (including phenoxy) is 1. The van der Waals surface area contributed by atoms with Gasteiger partial charge in [-0.15, -0.1) is 0 Å². The molecule has 5 nitrogen and oxygen atoms in total. The van der Waals surface area contributed by atoms with Gasteiger partial charge in [0.25, 0.3) is 0 Å². The maximum atomic E-state index is 12.3. The quantitative estimate of drug-likeness (QED) is 0.921. The molecular weight excluding hydrogens is 290 g/mol. The molecule has 1 atom stereocenters. The number of aromatic nitrogens is 2. The van der Waals surface area contributed by atoms with Crippen molar-refractivity contribution in [3.8, 4) is 0 Å². The minimum absolute atomic E-state index is 0.0549. The van der Waals surface area contributed by atoms with Crippen molar-refractivity contribution < 1.29 is 9.53 Å². The van der Waals surface area contributed by atoms with Gasteiger partial charge in [-0.05, 0) is 30.9 Å². The van der Waals surface area contributed by atoms with E-state index in [1.807, 2.05) is 32.2 Å². The number of carbonyl (C=O) groups is 1. The minimum atomic E-state index is 0.0549. The zero-order chi connectivity index (χ0) is 16.2. The zero-order valence-corrected chi connectivity index (χ0v) is 13.9. The van der Waals surface area contributed by atoms with Crippen LogP contribution in [0.5, 0.6) is 0 Å². The monoisotopic (exact) mass is 315 g/mol. The number of hydrogen-bond acceptors (Lipinski definition) is 3. The summed E-state index contributed by atoms with van der Waals surface area (Å²) in [5, 5.41) is 3.07. The molecule has 124 valence electrons. The van der Waals surface area contributed by atoms with E-state index >= 15 is 0 Å². The van der Waals surface area contributed by atoms with Crippen molar-refractivity contribution in [3.63, 3.8) is 0 Å². The van der Waals surface area contributed by atoms with Crippen LogP contribution >= 0.6 is 0 Å². The van der Waals surface area contributed by atoms with Crippen LogP contribution in [0.3, 0.4) is 0 Å². The molecule has 2 heterocycles. The molecule has 1 aliphatic rings. The number of amides is 1. The summed E-state index contributed by atoms with van der Waals surface area (Å²) in [6, 6.07) is 8.10. The van der Waals surface area contributed by atoms with Crippen LogP contribution in [0.25, 0.3) is 11.0 Å². The fourth-order valence-electron chi connectivity index (χ4n) is 3.31. The molecule has 0 radical (unpaired) electrons. The summed E-state index contributed by atoms with van der Waals surface area (Å²) in [4.78, 5) is 16.9. The summed E-state index contributed by atoms with van der Waals surface area (Å²) < 4.78 is 7.47. The number of aryl methyl sites for hydroxylation is 1. The third-order valence-corrected chi connectivity index (χ3v) is 4.91. The van der Waals surface area contributed by atoms with Crippen LogP contribution in [-0.2, 0) is 23.0 Å². The first kappa shape index (κ1) is 16.0. The van der Waals surface area contributed by atoms with Gasteiger partial charge in [0.05, 0.1) is 11.0 Å². The van der Waals surface area contributed by atoms with E-state index in [1.165, 1.54) is 0 Å². The van der Waals surface area contributed by atoms with Gasteiger partial charge < -0.3 is 14.6 Å². The van der Waals surface area contributed by atoms with Gasteiger partial charge in [-0.1, -0.05) is 19.1 Å². The van der Waals surface area contributed by atoms with E-state index < -0.39 is 0 Å². The second-order valence-corrected chi connectivity index (χ2v) is 6.36. The van der Waals surface area contributed by atoms with Crippen molar-refractivity contribution >= 4 is 16.9 Å². The van der Waals surface area contributed by atoms with Crippen molar-refractivity contribution in [1.82, 2.24) is 14.9 Å².